The van der Waals surface area contributed by atoms with E-state index in [0.717, 1.165) is 44.8 Å². The van der Waals surface area contributed by atoms with Crippen LogP contribution in [0.3, 0.4) is 0 Å². The first-order chi connectivity index (χ1) is 11.8. The summed E-state index contributed by atoms with van der Waals surface area (Å²) in [4.78, 5) is 25.3. The second kappa shape index (κ2) is 7.90. The molecule has 0 spiro atoms. The Morgan fingerprint density at radius 1 is 1.08 bits per heavy atom. The van der Waals surface area contributed by atoms with Crippen LogP contribution in [-0.2, 0) is 6.54 Å². The maximum absolute atomic E-state index is 12.5. The number of piperidine rings is 1. The highest BCUT2D eigenvalue weighted by Crippen LogP contribution is 2.15. The average molecular weight is 324 g/mol. The van der Waals surface area contributed by atoms with Gasteiger partial charge in [-0.15, -0.1) is 0 Å². The highest BCUT2D eigenvalue weighted by Gasteiger charge is 2.20. The number of carbonyl (C=O) groups excluding carboxylic acids is 1. The zero-order valence-corrected chi connectivity index (χ0v) is 14.2. The van der Waals surface area contributed by atoms with Gasteiger partial charge in [-0.25, -0.2) is 9.97 Å². The first-order valence-electron chi connectivity index (χ1n) is 8.68. The molecule has 0 N–H and O–H groups in total. The maximum atomic E-state index is 12.5. The number of nitrogens with zero attached hydrogens (tertiary/aromatic N) is 4. The zero-order valence-electron chi connectivity index (χ0n) is 14.2. The van der Waals surface area contributed by atoms with E-state index in [1.54, 1.807) is 12.4 Å². The van der Waals surface area contributed by atoms with Crippen molar-refractivity contribution in [2.75, 3.05) is 24.5 Å². The van der Waals surface area contributed by atoms with Crippen molar-refractivity contribution in [3.8, 4) is 0 Å². The van der Waals surface area contributed by atoms with E-state index < -0.39 is 0 Å². The number of carbonyl (C=O) groups is 1. The third-order valence-electron chi connectivity index (χ3n) is 4.42. The van der Waals surface area contributed by atoms with Crippen LogP contribution in [-0.4, -0.2) is 40.4 Å². The summed E-state index contributed by atoms with van der Waals surface area (Å²) in [5.74, 6) is 0.802. The summed E-state index contributed by atoms with van der Waals surface area (Å²) in [7, 11) is 0. The summed E-state index contributed by atoms with van der Waals surface area (Å²) in [6.07, 6.45) is 6.69. The summed E-state index contributed by atoms with van der Waals surface area (Å²) in [5, 5.41) is 0. The van der Waals surface area contributed by atoms with Gasteiger partial charge < -0.3 is 9.80 Å². The summed E-state index contributed by atoms with van der Waals surface area (Å²) in [6.45, 7) is 5.38. The minimum Gasteiger partial charge on any atom is -0.351 e. The van der Waals surface area contributed by atoms with E-state index >= 15 is 0 Å². The molecule has 1 fully saturated rings. The van der Waals surface area contributed by atoms with Crippen molar-refractivity contribution in [2.24, 2.45) is 0 Å². The van der Waals surface area contributed by atoms with Crippen molar-refractivity contribution in [1.29, 1.82) is 0 Å². The average Bonchev–Trinajstić information content (AvgIpc) is 2.67. The second-order valence-electron chi connectivity index (χ2n) is 6.11. The SMILES string of the molecule is CCN(Cc1ccccc1)c1cnc(C(=O)N2CCCCC2)cn1. The van der Waals surface area contributed by atoms with Gasteiger partial charge in [-0.3, -0.25) is 4.79 Å². The normalized spacial score (nSPS) is 14.5. The molecule has 1 aromatic carbocycles. The molecule has 0 bridgehead atoms. The predicted octanol–water partition coefficient (Wildman–Crippen LogP) is 3.13. The highest BCUT2D eigenvalue weighted by atomic mass is 16.2. The molecule has 1 aliphatic heterocycles. The van der Waals surface area contributed by atoms with E-state index in [1.165, 1.54) is 12.0 Å². The molecule has 0 aliphatic carbocycles. The first kappa shape index (κ1) is 16.4. The molecule has 126 valence electrons. The van der Waals surface area contributed by atoms with E-state index in [1.807, 2.05) is 23.1 Å². The van der Waals surface area contributed by atoms with Gasteiger partial charge in [-0.2, -0.15) is 0 Å². The number of amides is 1. The van der Waals surface area contributed by atoms with Crippen LogP contribution in [0.5, 0.6) is 0 Å². The van der Waals surface area contributed by atoms with Gasteiger partial charge in [0.25, 0.3) is 5.91 Å². The Labute approximate surface area is 143 Å². The molecular weight excluding hydrogens is 300 g/mol. The number of aromatic nitrogens is 2. The fourth-order valence-electron chi connectivity index (χ4n) is 3.01. The van der Waals surface area contributed by atoms with Crippen LogP contribution in [0.15, 0.2) is 42.7 Å². The van der Waals surface area contributed by atoms with Gasteiger partial charge >= 0.3 is 0 Å². The zero-order chi connectivity index (χ0) is 16.8. The molecular formula is C19H24N4O. The van der Waals surface area contributed by atoms with Crippen molar-refractivity contribution in [1.82, 2.24) is 14.9 Å². The van der Waals surface area contributed by atoms with Crippen molar-refractivity contribution in [3.63, 3.8) is 0 Å². The van der Waals surface area contributed by atoms with Crippen LogP contribution >= 0.6 is 0 Å². The van der Waals surface area contributed by atoms with Gasteiger partial charge in [0.2, 0.25) is 0 Å². The van der Waals surface area contributed by atoms with Gasteiger partial charge in [-0.1, -0.05) is 30.3 Å². The molecule has 2 heterocycles. The Hall–Kier alpha value is -2.43. The maximum Gasteiger partial charge on any atom is 0.274 e. The third-order valence-corrected chi connectivity index (χ3v) is 4.42. The number of likely N-dealkylation sites (tertiary alicyclic amines) is 1. The molecule has 5 heteroatoms. The molecule has 0 saturated carbocycles. The Bertz CT molecular complexity index is 651. The van der Waals surface area contributed by atoms with E-state index in [-0.39, 0.29) is 5.91 Å². The Morgan fingerprint density at radius 3 is 2.46 bits per heavy atom. The van der Waals surface area contributed by atoms with Crippen LogP contribution in [0, 0.1) is 0 Å². The van der Waals surface area contributed by atoms with E-state index in [4.69, 9.17) is 0 Å². The van der Waals surface area contributed by atoms with Crippen LogP contribution in [0.1, 0.15) is 42.2 Å². The van der Waals surface area contributed by atoms with E-state index in [2.05, 4.69) is 33.9 Å². The lowest BCUT2D eigenvalue weighted by molar-refractivity contribution is 0.0718. The number of hydrogen-bond acceptors (Lipinski definition) is 4. The molecule has 5 nitrogen and oxygen atoms in total. The van der Waals surface area contributed by atoms with Gasteiger partial charge in [-0.05, 0) is 31.7 Å². The van der Waals surface area contributed by atoms with Gasteiger partial charge in [0, 0.05) is 26.2 Å². The van der Waals surface area contributed by atoms with Crippen LogP contribution < -0.4 is 4.90 Å². The molecule has 2 aromatic rings. The largest absolute Gasteiger partial charge is 0.351 e. The third kappa shape index (κ3) is 3.91. The molecule has 0 unspecified atom stereocenters. The fourth-order valence-corrected chi connectivity index (χ4v) is 3.01. The summed E-state index contributed by atoms with van der Waals surface area (Å²) in [5.41, 5.74) is 1.67. The quantitative estimate of drug-likeness (QED) is 0.848. The highest BCUT2D eigenvalue weighted by molar-refractivity contribution is 5.92. The number of rotatable bonds is 5. The van der Waals surface area contributed by atoms with Crippen LogP contribution in [0.4, 0.5) is 5.82 Å². The Balaban J connectivity index is 1.69. The van der Waals surface area contributed by atoms with Crippen molar-refractivity contribution >= 4 is 11.7 Å². The lowest BCUT2D eigenvalue weighted by Crippen LogP contribution is -2.36. The fraction of sp³-hybridized carbons (Fsp3) is 0.421. The molecule has 1 saturated heterocycles. The topological polar surface area (TPSA) is 49.3 Å². The molecule has 1 amide bonds. The lowest BCUT2D eigenvalue weighted by Gasteiger charge is -2.26. The predicted molar refractivity (Wildman–Crippen MR) is 95.0 cm³/mol. The van der Waals surface area contributed by atoms with Crippen molar-refractivity contribution in [3.05, 3.63) is 54.0 Å². The van der Waals surface area contributed by atoms with Crippen molar-refractivity contribution in [2.45, 2.75) is 32.7 Å². The van der Waals surface area contributed by atoms with Crippen LogP contribution in [0.25, 0.3) is 0 Å². The number of hydrogen-bond donors (Lipinski definition) is 0. The van der Waals surface area contributed by atoms with Gasteiger partial charge in [0.05, 0.1) is 12.4 Å². The minimum absolute atomic E-state index is 0.000132. The van der Waals surface area contributed by atoms with Crippen molar-refractivity contribution < 1.29 is 4.79 Å². The monoisotopic (exact) mass is 324 g/mol. The molecule has 0 radical (unpaired) electrons. The Kier molecular flexibility index (Phi) is 5.41. The Morgan fingerprint density at radius 2 is 1.83 bits per heavy atom. The minimum atomic E-state index is -0.000132. The summed E-state index contributed by atoms with van der Waals surface area (Å²) < 4.78 is 0. The summed E-state index contributed by atoms with van der Waals surface area (Å²) in [6, 6.07) is 10.3. The summed E-state index contributed by atoms with van der Waals surface area (Å²) >= 11 is 0. The van der Waals surface area contributed by atoms with Crippen LogP contribution in [0.2, 0.25) is 0 Å². The van der Waals surface area contributed by atoms with Gasteiger partial charge in [0.1, 0.15) is 11.5 Å². The lowest BCUT2D eigenvalue weighted by atomic mass is 10.1. The molecule has 1 aliphatic rings. The molecule has 1 aromatic heterocycles. The molecule has 24 heavy (non-hydrogen) atoms. The van der Waals surface area contributed by atoms with E-state index in [9.17, 15) is 4.79 Å². The number of benzene rings is 1. The van der Waals surface area contributed by atoms with Gasteiger partial charge in [0.15, 0.2) is 0 Å². The molecule has 0 atom stereocenters. The smallest absolute Gasteiger partial charge is 0.274 e. The number of anilines is 1. The first-order valence-corrected chi connectivity index (χ1v) is 8.68. The standard InChI is InChI=1S/C19H24N4O/c1-2-22(15-16-9-5-3-6-10-16)18-14-20-17(13-21-18)19(24)23-11-7-4-8-12-23/h3,5-6,9-10,13-14H,2,4,7-8,11-12,15H2,1H3. The molecule has 3 rings (SSSR count). The second-order valence-corrected chi connectivity index (χ2v) is 6.11. The van der Waals surface area contributed by atoms with E-state index in [0.29, 0.717) is 5.69 Å².